The minimum absolute atomic E-state index is 0.610. The second-order valence-electron chi connectivity index (χ2n) is 2.04. The van der Waals surface area contributed by atoms with Gasteiger partial charge in [0, 0.05) is 5.56 Å². The van der Waals surface area contributed by atoms with E-state index in [2.05, 4.69) is 20.7 Å². The molecule has 3 heteroatoms. The van der Waals surface area contributed by atoms with E-state index in [1.54, 1.807) is 0 Å². The van der Waals surface area contributed by atoms with E-state index in [1.165, 1.54) is 6.39 Å². The molecule has 0 saturated heterocycles. The molecule has 0 bridgehead atoms. The highest BCUT2D eigenvalue weighted by Crippen LogP contribution is 2.11. The first-order chi connectivity index (χ1) is 5.47. The van der Waals surface area contributed by atoms with Gasteiger partial charge in [-0.25, -0.2) is 0 Å². The van der Waals surface area contributed by atoms with Crippen LogP contribution in [0, 0.1) is 6.07 Å². The van der Waals surface area contributed by atoms with Crippen molar-refractivity contribution in [2.24, 2.45) is 0 Å². The Balaban J connectivity index is 2.46. The zero-order chi connectivity index (χ0) is 7.52. The average Bonchev–Trinajstić information content (AvgIpc) is 2.58. The summed E-state index contributed by atoms with van der Waals surface area (Å²) in [6.45, 7) is 0. The van der Waals surface area contributed by atoms with E-state index < -0.39 is 0 Å². The third-order valence-electron chi connectivity index (χ3n) is 1.34. The molecule has 0 spiro atoms. The van der Waals surface area contributed by atoms with Crippen molar-refractivity contribution < 1.29 is 4.52 Å². The maximum Gasteiger partial charge on any atom is 0.214 e. The van der Waals surface area contributed by atoms with Crippen LogP contribution in [0.1, 0.15) is 0 Å². The molecular weight excluding hydrogens is 140 g/mol. The van der Waals surface area contributed by atoms with Gasteiger partial charge in [0.25, 0.3) is 0 Å². The van der Waals surface area contributed by atoms with Crippen molar-refractivity contribution in [3.8, 4) is 11.4 Å². The van der Waals surface area contributed by atoms with E-state index in [9.17, 15) is 0 Å². The number of benzene rings is 1. The zero-order valence-corrected chi connectivity index (χ0v) is 5.69. The molecule has 3 nitrogen and oxygen atoms in total. The number of nitrogens with zero attached hydrogens (tertiary/aromatic N) is 2. The third kappa shape index (κ3) is 1.12. The standard InChI is InChI=1S/C8H5N2O/c1-2-4-7(5-3-1)8-9-6-11-10-8/h2-6H. The van der Waals surface area contributed by atoms with Gasteiger partial charge < -0.3 is 4.52 Å². The maximum absolute atomic E-state index is 4.60. The highest BCUT2D eigenvalue weighted by Gasteiger charge is 1.98. The molecule has 0 atom stereocenters. The first-order valence-corrected chi connectivity index (χ1v) is 3.20. The van der Waals surface area contributed by atoms with E-state index >= 15 is 0 Å². The lowest BCUT2D eigenvalue weighted by atomic mass is 10.2. The fraction of sp³-hybridized carbons (Fsp3) is 0. The summed E-state index contributed by atoms with van der Waals surface area (Å²) in [5.41, 5.74) is 0.942. The normalized spacial score (nSPS) is 9.82. The highest BCUT2D eigenvalue weighted by atomic mass is 16.5. The molecule has 0 aliphatic heterocycles. The Morgan fingerprint density at radius 2 is 2.09 bits per heavy atom. The summed E-state index contributed by atoms with van der Waals surface area (Å²) < 4.78 is 4.60. The summed E-state index contributed by atoms with van der Waals surface area (Å²) in [4.78, 5) is 3.89. The number of rotatable bonds is 1. The van der Waals surface area contributed by atoms with Crippen LogP contribution in [0.3, 0.4) is 0 Å². The zero-order valence-electron chi connectivity index (χ0n) is 5.69. The van der Waals surface area contributed by atoms with Crippen LogP contribution in [0.5, 0.6) is 0 Å². The Morgan fingerprint density at radius 1 is 1.27 bits per heavy atom. The summed E-state index contributed by atoms with van der Waals surface area (Å²) in [5.74, 6) is 0.610. The Hall–Kier alpha value is -1.64. The molecule has 0 aliphatic carbocycles. The number of hydrogen-bond acceptors (Lipinski definition) is 3. The molecule has 0 aliphatic rings. The molecule has 1 radical (unpaired) electrons. The van der Waals surface area contributed by atoms with E-state index in [1.807, 2.05) is 24.3 Å². The summed E-state index contributed by atoms with van der Waals surface area (Å²) in [5, 5.41) is 3.69. The van der Waals surface area contributed by atoms with Gasteiger partial charge in [-0.2, -0.15) is 4.98 Å². The van der Waals surface area contributed by atoms with E-state index in [0.717, 1.165) is 5.56 Å². The second kappa shape index (κ2) is 2.54. The Bertz CT molecular complexity index is 315. The molecule has 2 aromatic rings. The number of aromatic nitrogens is 2. The lowest BCUT2D eigenvalue weighted by Crippen LogP contribution is -1.77. The van der Waals surface area contributed by atoms with Crippen LogP contribution in [0.15, 0.2) is 35.2 Å². The largest absolute Gasteiger partial charge is 0.342 e. The lowest BCUT2D eigenvalue weighted by Gasteiger charge is -1.89. The molecule has 1 aromatic heterocycles. The van der Waals surface area contributed by atoms with E-state index in [0.29, 0.717) is 5.82 Å². The molecule has 53 valence electrons. The van der Waals surface area contributed by atoms with Crippen LogP contribution in [-0.2, 0) is 0 Å². The second-order valence-corrected chi connectivity index (χ2v) is 2.04. The minimum Gasteiger partial charge on any atom is -0.342 e. The smallest absolute Gasteiger partial charge is 0.214 e. The monoisotopic (exact) mass is 145 g/mol. The van der Waals surface area contributed by atoms with Gasteiger partial charge in [-0.1, -0.05) is 29.4 Å². The van der Waals surface area contributed by atoms with Gasteiger partial charge in [-0.15, -0.1) is 0 Å². The molecule has 1 heterocycles. The van der Waals surface area contributed by atoms with Gasteiger partial charge in [-0.3, -0.25) is 0 Å². The molecular formula is C8H5N2O. The van der Waals surface area contributed by atoms with Crippen molar-refractivity contribution in [1.82, 2.24) is 10.1 Å². The van der Waals surface area contributed by atoms with Crippen LogP contribution >= 0.6 is 0 Å². The summed E-state index contributed by atoms with van der Waals surface area (Å²) in [6, 6.07) is 10.3. The van der Waals surface area contributed by atoms with E-state index in [4.69, 9.17) is 0 Å². The van der Waals surface area contributed by atoms with Gasteiger partial charge in [-0.05, 0) is 6.07 Å². The minimum atomic E-state index is 0.610. The lowest BCUT2D eigenvalue weighted by molar-refractivity contribution is 0.419. The fourth-order valence-corrected chi connectivity index (χ4v) is 0.834. The maximum atomic E-state index is 4.60. The molecule has 1 aromatic carbocycles. The molecule has 11 heavy (non-hydrogen) atoms. The van der Waals surface area contributed by atoms with Crippen molar-refractivity contribution in [2.75, 3.05) is 0 Å². The molecule has 0 saturated carbocycles. The SMILES string of the molecule is [c]1ccc(-c2ncon2)cc1. The Labute approximate surface area is 63.7 Å². The van der Waals surface area contributed by atoms with Crippen LogP contribution in [0.4, 0.5) is 0 Å². The molecule has 0 unspecified atom stereocenters. The van der Waals surface area contributed by atoms with Gasteiger partial charge in [0.15, 0.2) is 0 Å². The highest BCUT2D eigenvalue weighted by molar-refractivity contribution is 5.52. The summed E-state index contributed by atoms with van der Waals surface area (Å²) in [6.07, 6.45) is 1.31. The van der Waals surface area contributed by atoms with Gasteiger partial charge in [0.1, 0.15) is 0 Å². The van der Waals surface area contributed by atoms with Crippen molar-refractivity contribution in [3.05, 3.63) is 36.7 Å². The van der Waals surface area contributed by atoms with Crippen molar-refractivity contribution in [2.45, 2.75) is 0 Å². The van der Waals surface area contributed by atoms with Gasteiger partial charge in [0.2, 0.25) is 12.2 Å². The first-order valence-electron chi connectivity index (χ1n) is 3.20. The van der Waals surface area contributed by atoms with Gasteiger partial charge in [0.05, 0.1) is 0 Å². The first kappa shape index (κ1) is 6.09. The summed E-state index contributed by atoms with van der Waals surface area (Å²) in [7, 11) is 0. The van der Waals surface area contributed by atoms with Crippen molar-refractivity contribution in [3.63, 3.8) is 0 Å². The molecule has 2 rings (SSSR count). The third-order valence-corrected chi connectivity index (χ3v) is 1.34. The Kier molecular flexibility index (Phi) is 1.41. The topological polar surface area (TPSA) is 38.9 Å². The van der Waals surface area contributed by atoms with Crippen molar-refractivity contribution in [1.29, 1.82) is 0 Å². The van der Waals surface area contributed by atoms with Crippen LogP contribution in [0.25, 0.3) is 11.4 Å². The fourth-order valence-electron chi connectivity index (χ4n) is 0.834. The van der Waals surface area contributed by atoms with Gasteiger partial charge >= 0.3 is 0 Å². The van der Waals surface area contributed by atoms with Crippen LogP contribution < -0.4 is 0 Å². The van der Waals surface area contributed by atoms with Crippen molar-refractivity contribution >= 4 is 0 Å². The van der Waals surface area contributed by atoms with E-state index in [-0.39, 0.29) is 0 Å². The predicted molar refractivity (Wildman–Crippen MR) is 38.6 cm³/mol. The number of hydrogen-bond donors (Lipinski definition) is 0. The molecule has 0 amide bonds. The quantitative estimate of drug-likeness (QED) is 0.610. The summed E-state index contributed by atoms with van der Waals surface area (Å²) >= 11 is 0. The van der Waals surface area contributed by atoms with Crippen LogP contribution in [-0.4, -0.2) is 10.1 Å². The average molecular weight is 145 g/mol. The predicted octanol–water partition coefficient (Wildman–Crippen LogP) is 1.54. The van der Waals surface area contributed by atoms with Crippen LogP contribution in [0.2, 0.25) is 0 Å². The molecule has 0 N–H and O–H groups in total. The Morgan fingerprint density at radius 3 is 2.73 bits per heavy atom. The molecule has 0 fully saturated rings.